The average molecular weight is 403 g/mol. The summed E-state index contributed by atoms with van der Waals surface area (Å²) in [4.78, 5) is 22.6. The van der Waals surface area contributed by atoms with Crippen molar-refractivity contribution in [2.45, 2.75) is 38.6 Å². The van der Waals surface area contributed by atoms with Crippen LogP contribution in [0.15, 0.2) is 41.2 Å². The number of hydrogen-bond acceptors (Lipinski definition) is 5. The molecule has 6 rings (SSSR count). The van der Waals surface area contributed by atoms with Crippen molar-refractivity contribution in [2.75, 3.05) is 24.5 Å². The van der Waals surface area contributed by atoms with Crippen LogP contribution in [-0.4, -0.2) is 45.1 Å². The highest BCUT2D eigenvalue weighted by Gasteiger charge is 2.52. The summed E-state index contributed by atoms with van der Waals surface area (Å²) < 4.78 is 7.48. The highest BCUT2D eigenvalue weighted by atomic mass is 16.5. The second kappa shape index (κ2) is 6.20. The average Bonchev–Trinajstić information content (AvgIpc) is 3.14. The van der Waals surface area contributed by atoms with Gasteiger partial charge in [0.15, 0.2) is 5.82 Å². The Hall–Kier alpha value is -3.09. The Kier molecular flexibility index (Phi) is 3.67. The molecule has 1 atom stereocenters. The molecule has 2 aliphatic heterocycles. The minimum absolute atomic E-state index is 0.0181. The summed E-state index contributed by atoms with van der Waals surface area (Å²) in [5.74, 6) is 2.32. The molecular formula is C23H25N5O2. The van der Waals surface area contributed by atoms with Crippen molar-refractivity contribution in [2.24, 2.45) is 5.92 Å². The third kappa shape index (κ3) is 2.41. The maximum atomic E-state index is 13.4. The van der Waals surface area contributed by atoms with Crippen LogP contribution in [0.1, 0.15) is 46.8 Å². The van der Waals surface area contributed by atoms with E-state index in [0.717, 1.165) is 24.7 Å². The lowest BCUT2D eigenvalue weighted by molar-refractivity contribution is 0.0779. The fraction of sp³-hybridized carbons (Fsp3) is 0.435. The molecular weight excluding hydrogens is 378 g/mol. The van der Waals surface area contributed by atoms with Crippen molar-refractivity contribution >= 4 is 11.6 Å². The van der Waals surface area contributed by atoms with E-state index in [2.05, 4.69) is 39.0 Å². The second-order valence-electron chi connectivity index (χ2n) is 8.87. The van der Waals surface area contributed by atoms with Crippen LogP contribution in [0.25, 0.3) is 5.82 Å². The summed E-state index contributed by atoms with van der Waals surface area (Å²) in [6.45, 7) is 6.03. The predicted molar refractivity (Wildman–Crippen MR) is 112 cm³/mol. The van der Waals surface area contributed by atoms with Crippen LogP contribution < -0.4 is 4.90 Å². The summed E-state index contributed by atoms with van der Waals surface area (Å²) in [6, 6.07) is 8.48. The molecule has 1 spiro atoms. The number of carbonyl (C=O) groups is 1. The zero-order valence-electron chi connectivity index (χ0n) is 17.3. The Morgan fingerprint density at radius 3 is 2.90 bits per heavy atom. The van der Waals surface area contributed by atoms with Gasteiger partial charge in [0.1, 0.15) is 16.9 Å². The van der Waals surface area contributed by atoms with E-state index in [1.165, 1.54) is 24.2 Å². The molecule has 0 N–H and O–H groups in total. The van der Waals surface area contributed by atoms with Crippen LogP contribution in [0.5, 0.6) is 0 Å². The van der Waals surface area contributed by atoms with Crippen LogP contribution in [0.4, 0.5) is 5.69 Å². The van der Waals surface area contributed by atoms with Gasteiger partial charge in [0.25, 0.3) is 5.91 Å². The number of carbonyl (C=O) groups excluding carboxylic acids is 1. The van der Waals surface area contributed by atoms with Gasteiger partial charge in [-0.1, -0.05) is 5.16 Å². The maximum Gasteiger partial charge on any atom is 0.259 e. The quantitative estimate of drug-likeness (QED) is 0.670. The molecule has 7 nitrogen and oxygen atoms in total. The van der Waals surface area contributed by atoms with Crippen molar-refractivity contribution in [1.29, 1.82) is 0 Å². The Bertz CT molecular complexity index is 1120. The largest absolute Gasteiger partial charge is 0.361 e. The number of fused-ring (bicyclic) bond motifs is 4. The summed E-state index contributed by atoms with van der Waals surface area (Å²) in [7, 11) is 0. The van der Waals surface area contributed by atoms with E-state index >= 15 is 0 Å². The number of aryl methyl sites for hydroxylation is 2. The zero-order chi connectivity index (χ0) is 20.5. The van der Waals surface area contributed by atoms with Gasteiger partial charge in [0.05, 0.1) is 17.1 Å². The van der Waals surface area contributed by atoms with Gasteiger partial charge in [-0.15, -0.1) is 0 Å². The predicted octanol–water partition coefficient (Wildman–Crippen LogP) is 3.45. The minimum Gasteiger partial charge on any atom is -0.361 e. The number of likely N-dealkylation sites (tertiary alicyclic amines) is 1. The first-order valence-corrected chi connectivity index (χ1v) is 10.7. The fourth-order valence-electron chi connectivity index (χ4n) is 5.27. The highest BCUT2D eigenvalue weighted by Crippen LogP contribution is 2.49. The molecule has 0 aromatic carbocycles. The van der Waals surface area contributed by atoms with E-state index < -0.39 is 0 Å². The van der Waals surface area contributed by atoms with Gasteiger partial charge in [0.2, 0.25) is 0 Å². The first-order valence-electron chi connectivity index (χ1n) is 10.7. The third-order valence-corrected chi connectivity index (χ3v) is 6.95. The topological polar surface area (TPSA) is 67.4 Å². The van der Waals surface area contributed by atoms with Gasteiger partial charge in [-0.25, -0.2) is 4.98 Å². The van der Waals surface area contributed by atoms with Gasteiger partial charge in [-0.3, -0.25) is 4.79 Å². The van der Waals surface area contributed by atoms with Crippen molar-refractivity contribution in [3.8, 4) is 5.82 Å². The van der Waals surface area contributed by atoms with Gasteiger partial charge in [0, 0.05) is 32.0 Å². The lowest BCUT2D eigenvalue weighted by Crippen LogP contribution is -2.53. The summed E-state index contributed by atoms with van der Waals surface area (Å²) in [6.07, 6.45) is 7.41. The van der Waals surface area contributed by atoms with Crippen LogP contribution in [0.2, 0.25) is 0 Å². The molecule has 1 saturated carbocycles. The van der Waals surface area contributed by atoms with Crippen LogP contribution in [-0.2, 0) is 5.54 Å². The normalized spacial score (nSPS) is 22.5. The zero-order valence-corrected chi connectivity index (χ0v) is 17.3. The summed E-state index contributed by atoms with van der Waals surface area (Å²) in [5.41, 5.74) is 3.42. The molecule has 1 amide bonds. The van der Waals surface area contributed by atoms with Crippen molar-refractivity contribution < 1.29 is 9.32 Å². The first-order chi connectivity index (χ1) is 14.6. The molecule has 2 fully saturated rings. The van der Waals surface area contributed by atoms with E-state index in [1.54, 1.807) is 0 Å². The van der Waals surface area contributed by atoms with E-state index in [0.29, 0.717) is 30.1 Å². The van der Waals surface area contributed by atoms with E-state index in [-0.39, 0.29) is 11.4 Å². The Labute approximate surface area is 175 Å². The van der Waals surface area contributed by atoms with Gasteiger partial charge in [-0.05, 0) is 63.3 Å². The van der Waals surface area contributed by atoms with Crippen molar-refractivity contribution in [3.05, 3.63) is 59.4 Å². The molecule has 0 unspecified atom stereocenters. The minimum atomic E-state index is -0.239. The number of aromatic nitrogens is 3. The van der Waals surface area contributed by atoms with Gasteiger partial charge < -0.3 is 18.9 Å². The lowest BCUT2D eigenvalue weighted by Gasteiger charge is -2.47. The summed E-state index contributed by atoms with van der Waals surface area (Å²) >= 11 is 0. The lowest BCUT2D eigenvalue weighted by atomic mass is 9.88. The first kappa shape index (κ1) is 17.7. The number of anilines is 1. The SMILES string of the molecule is Cc1noc(C)c1C(=O)N1CC[C@@]2(C1)c1cccn1-c1ncccc1N2CC1CC1. The second-order valence-corrected chi connectivity index (χ2v) is 8.87. The molecule has 154 valence electrons. The monoisotopic (exact) mass is 403 g/mol. The van der Waals surface area contributed by atoms with Gasteiger partial charge in [-0.2, -0.15) is 0 Å². The summed E-state index contributed by atoms with van der Waals surface area (Å²) in [5, 5.41) is 3.99. The molecule has 1 saturated heterocycles. The molecule has 7 heteroatoms. The molecule has 30 heavy (non-hydrogen) atoms. The van der Waals surface area contributed by atoms with E-state index in [4.69, 9.17) is 9.51 Å². The molecule has 5 heterocycles. The Morgan fingerprint density at radius 1 is 1.27 bits per heavy atom. The molecule has 3 aliphatic rings. The number of rotatable bonds is 3. The number of nitrogens with zero attached hydrogens (tertiary/aromatic N) is 5. The number of hydrogen-bond donors (Lipinski definition) is 0. The molecule has 0 radical (unpaired) electrons. The highest BCUT2D eigenvalue weighted by molar-refractivity contribution is 5.96. The number of pyridine rings is 1. The molecule has 0 bridgehead atoms. The van der Waals surface area contributed by atoms with Crippen molar-refractivity contribution in [3.63, 3.8) is 0 Å². The van der Waals surface area contributed by atoms with Crippen LogP contribution in [0, 0.1) is 19.8 Å². The van der Waals surface area contributed by atoms with Crippen LogP contribution >= 0.6 is 0 Å². The fourth-order valence-corrected chi connectivity index (χ4v) is 5.27. The molecule has 3 aromatic heterocycles. The maximum absolute atomic E-state index is 13.4. The molecule has 1 aliphatic carbocycles. The number of amides is 1. The van der Waals surface area contributed by atoms with Crippen molar-refractivity contribution in [1.82, 2.24) is 19.6 Å². The van der Waals surface area contributed by atoms with E-state index in [1.807, 2.05) is 31.0 Å². The van der Waals surface area contributed by atoms with E-state index in [9.17, 15) is 4.79 Å². The third-order valence-electron chi connectivity index (χ3n) is 6.95. The Balaban J connectivity index is 1.44. The van der Waals surface area contributed by atoms with Gasteiger partial charge >= 0.3 is 0 Å². The Morgan fingerprint density at radius 2 is 2.13 bits per heavy atom. The standard InChI is InChI=1S/C23H25N5O2/c1-15-20(16(2)30-25-15)22(29)26-12-9-23(14-26)19-6-4-11-27(19)21-18(5-3-10-24-21)28(23)13-17-7-8-17/h3-6,10-11,17H,7-9,12-14H2,1-2H3/t23-/m1/s1. The molecule has 3 aromatic rings. The van der Waals surface area contributed by atoms with Crippen LogP contribution in [0.3, 0.4) is 0 Å². The smallest absolute Gasteiger partial charge is 0.259 e.